The maximum Gasteiger partial charge on any atom is 0.312 e. The first-order valence-electron chi connectivity index (χ1n) is 5.70. The molecule has 4 heteroatoms. The zero-order valence-electron chi connectivity index (χ0n) is 10.3. The number of esters is 1. The molecule has 4 nitrogen and oxygen atoms in total. The minimum atomic E-state index is -0.493. The number of nitriles is 1. The molecular weight excluding hydrogens is 204 g/mol. The molecule has 1 aliphatic rings. The molecule has 90 valence electrons. The Bertz CT molecular complexity index is 290. The fourth-order valence-corrected chi connectivity index (χ4v) is 1.87. The first-order chi connectivity index (χ1) is 7.51. The average Bonchev–Trinajstić information content (AvgIpc) is 3.06. The molecule has 0 aromatic carbocycles. The molecule has 0 aromatic heterocycles. The summed E-state index contributed by atoms with van der Waals surface area (Å²) in [6.07, 6.45) is 2.89. The number of carbonyl (C=O) groups is 1. The minimum absolute atomic E-state index is 0.185. The Morgan fingerprint density at radius 1 is 1.56 bits per heavy atom. The molecule has 0 spiro atoms. The van der Waals surface area contributed by atoms with Gasteiger partial charge >= 0.3 is 5.97 Å². The van der Waals surface area contributed by atoms with Crippen LogP contribution in [0.25, 0.3) is 0 Å². The molecule has 1 fully saturated rings. The van der Waals surface area contributed by atoms with Crippen molar-refractivity contribution in [2.45, 2.75) is 39.2 Å². The van der Waals surface area contributed by atoms with Crippen LogP contribution in [0.3, 0.4) is 0 Å². The van der Waals surface area contributed by atoms with Gasteiger partial charge in [0.05, 0.1) is 18.6 Å². The predicted octanol–water partition coefficient (Wildman–Crippen LogP) is 1.56. The first-order valence-corrected chi connectivity index (χ1v) is 5.70. The monoisotopic (exact) mass is 224 g/mol. The van der Waals surface area contributed by atoms with Gasteiger partial charge in [0.1, 0.15) is 0 Å². The summed E-state index contributed by atoms with van der Waals surface area (Å²) in [7, 11) is 1.42. The molecule has 0 heterocycles. The van der Waals surface area contributed by atoms with Crippen molar-refractivity contribution >= 4 is 5.97 Å². The molecule has 1 rings (SSSR count). The summed E-state index contributed by atoms with van der Waals surface area (Å²) >= 11 is 0. The molecule has 0 aliphatic heterocycles. The molecule has 0 unspecified atom stereocenters. The van der Waals surface area contributed by atoms with E-state index < -0.39 is 5.41 Å². The van der Waals surface area contributed by atoms with Crippen LogP contribution in [0, 0.1) is 16.7 Å². The zero-order chi connectivity index (χ0) is 12.2. The lowest BCUT2D eigenvalue weighted by Gasteiger charge is -2.30. The number of ether oxygens (including phenoxy) is 1. The number of hydrogen-bond acceptors (Lipinski definition) is 4. The molecule has 1 saturated carbocycles. The smallest absolute Gasteiger partial charge is 0.312 e. The SMILES string of the molecule is COC(=O)C(C)(C)CN(CCC#N)C1CC1. The van der Waals surface area contributed by atoms with Crippen LogP contribution >= 0.6 is 0 Å². The van der Waals surface area contributed by atoms with Gasteiger partial charge in [0.2, 0.25) is 0 Å². The Morgan fingerprint density at radius 3 is 2.62 bits per heavy atom. The molecular formula is C12H20N2O2. The standard InChI is InChI=1S/C12H20N2O2/c1-12(2,11(15)16-3)9-14(8-4-7-13)10-5-6-10/h10H,4-6,8-9H2,1-3H3. The highest BCUT2D eigenvalue weighted by Crippen LogP contribution is 2.30. The van der Waals surface area contributed by atoms with Crippen molar-refractivity contribution in [2.75, 3.05) is 20.2 Å². The minimum Gasteiger partial charge on any atom is -0.469 e. The zero-order valence-corrected chi connectivity index (χ0v) is 10.3. The third kappa shape index (κ3) is 3.49. The van der Waals surface area contributed by atoms with Crippen LogP contribution in [0.15, 0.2) is 0 Å². The first kappa shape index (κ1) is 13.0. The highest BCUT2D eigenvalue weighted by molar-refractivity contribution is 5.76. The number of hydrogen-bond donors (Lipinski definition) is 0. The fourth-order valence-electron chi connectivity index (χ4n) is 1.87. The van der Waals surface area contributed by atoms with Crippen LogP contribution < -0.4 is 0 Å². The highest BCUT2D eigenvalue weighted by atomic mass is 16.5. The van der Waals surface area contributed by atoms with Crippen molar-refractivity contribution in [3.05, 3.63) is 0 Å². The largest absolute Gasteiger partial charge is 0.469 e. The Balaban J connectivity index is 2.53. The summed E-state index contributed by atoms with van der Waals surface area (Å²) in [5, 5.41) is 8.60. The topological polar surface area (TPSA) is 53.3 Å². The van der Waals surface area contributed by atoms with Gasteiger partial charge in [-0.25, -0.2) is 0 Å². The number of nitrogens with zero attached hydrogens (tertiary/aromatic N) is 2. The molecule has 0 atom stereocenters. The van der Waals surface area contributed by atoms with E-state index >= 15 is 0 Å². The van der Waals surface area contributed by atoms with Crippen molar-refractivity contribution < 1.29 is 9.53 Å². The maximum atomic E-state index is 11.6. The molecule has 1 aliphatic carbocycles. The third-order valence-electron chi connectivity index (χ3n) is 2.91. The Morgan fingerprint density at radius 2 is 2.19 bits per heavy atom. The highest BCUT2D eigenvalue weighted by Gasteiger charge is 2.36. The third-order valence-corrected chi connectivity index (χ3v) is 2.91. The molecule has 0 aromatic rings. The van der Waals surface area contributed by atoms with Gasteiger partial charge in [-0.1, -0.05) is 0 Å². The van der Waals surface area contributed by atoms with Crippen molar-refractivity contribution in [3.63, 3.8) is 0 Å². The van der Waals surface area contributed by atoms with Crippen molar-refractivity contribution in [2.24, 2.45) is 5.41 Å². The molecule has 0 amide bonds. The lowest BCUT2D eigenvalue weighted by molar-refractivity contribution is -0.151. The van der Waals surface area contributed by atoms with Gasteiger partial charge in [-0.15, -0.1) is 0 Å². The summed E-state index contributed by atoms with van der Waals surface area (Å²) in [6.45, 7) is 5.20. The van der Waals surface area contributed by atoms with Crippen molar-refractivity contribution in [3.8, 4) is 6.07 Å². The number of methoxy groups -OCH3 is 1. The number of carbonyl (C=O) groups excluding carboxylic acids is 1. The van der Waals surface area contributed by atoms with Crippen molar-refractivity contribution in [1.82, 2.24) is 4.90 Å². The van der Waals surface area contributed by atoms with E-state index in [-0.39, 0.29) is 5.97 Å². The van der Waals surface area contributed by atoms with E-state index in [1.165, 1.54) is 20.0 Å². The van der Waals surface area contributed by atoms with E-state index in [4.69, 9.17) is 10.00 Å². The summed E-state index contributed by atoms with van der Waals surface area (Å²) in [5.41, 5.74) is -0.493. The lowest BCUT2D eigenvalue weighted by Crippen LogP contribution is -2.41. The Kier molecular flexibility index (Phi) is 4.31. The van der Waals surface area contributed by atoms with E-state index in [1.807, 2.05) is 13.8 Å². The molecule has 0 saturated heterocycles. The fraction of sp³-hybridized carbons (Fsp3) is 0.833. The van der Waals surface area contributed by atoms with Crippen LogP contribution in [-0.2, 0) is 9.53 Å². The van der Waals surface area contributed by atoms with Crippen LogP contribution in [-0.4, -0.2) is 37.1 Å². The Hall–Kier alpha value is -1.08. The van der Waals surface area contributed by atoms with Crippen LogP contribution in [0.5, 0.6) is 0 Å². The molecule has 0 bridgehead atoms. The van der Waals surface area contributed by atoms with E-state index in [2.05, 4.69) is 11.0 Å². The second kappa shape index (κ2) is 5.31. The van der Waals surface area contributed by atoms with Gasteiger partial charge in [-0.3, -0.25) is 9.69 Å². The van der Waals surface area contributed by atoms with Crippen molar-refractivity contribution in [1.29, 1.82) is 5.26 Å². The van der Waals surface area contributed by atoms with E-state index in [0.29, 0.717) is 19.0 Å². The predicted molar refractivity (Wildman–Crippen MR) is 60.6 cm³/mol. The molecule has 16 heavy (non-hydrogen) atoms. The normalized spacial score (nSPS) is 15.9. The van der Waals surface area contributed by atoms with E-state index in [9.17, 15) is 4.79 Å². The van der Waals surface area contributed by atoms with Gasteiger partial charge in [0, 0.05) is 25.6 Å². The van der Waals surface area contributed by atoms with Crippen LogP contribution in [0.2, 0.25) is 0 Å². The van der Waals surface area contributed by atoms with Gasteiger partial charge in [0.15, 0.2) is 0 Å². The van der Waals surface area contributed by atoms with Gasteiger partial charge in [-0.05, 0) is 26.7 Å². The second-order valence-corrected chi connectivity index (χ2v) is 4.99. The quantitative estimate of drug-likeness (QED) is 0.642. The summed E-state index contributed by atoms with van der Waals surface area (Å²) < 4.78 is 4.79. The summed E-state index contributed by atoms with van der Waals surface area (Å²) in [5.74, 6) is -0.185. The summed E-state index contributed by atoms with van der Waals surface area (Å²) in [6, 6.07) is 2.72. The van der Waals surface area contributed by atoms with Gasteiger partial charge in [0.25, 0.3) is 0 Å². The second-order valence-electron chi connectivity index (χ2n) is 4.99. The molecule has 0 N–H and O–H groups in total. The van der Waals surface area contributed by atoms with Crippen LogP contribution in [0.4, 0.5) is 0 Å². The number of rotatable bonds is 6. The van der Waals surface area contributed by atoms with Gasteiger partial charge in [-0.2, -0.15) is 5.26 Å². The maximum absolute atomic E-state index is 11.6. The molecule has 0 radical (unpaired) electrons. The van der Waals surface area contributed by atoms with Crippen LogP contribution in [0.1, 0.15) is 33.1 Å². The van der Waals surface area contributed by atoms with Gasteiger partial charge < -0.3 is 4.74 Å². The van der Waals surface area contributed by atoms with E-state index in [1.54, 1.807) is 0 Å². The van der Waals surface area contributed by atoms with E-state index in [0.717, 1.165) is 6.54 Å². The lowest BCUT2D eigenvalue weighted by atomic mass is 9.92. The Labute approximate surface area is 97.2 Å². The average molecular weight is 224 g/mol. The summed E-state index contributed by atoms with van der Waals surface area (Å²) in [4.78, 5) is 13.8.